The molecule has 7 nitrogen and oxygen atoms in total. The van der Waals surface area contributed by atoms with Crippen molar-refractivity contribution in [2.24, 2.45) is 0 Å². The van der Waals surface area contributed by atoms with Gasteiger partial charge in [0.15, 0.2) is 5.13 Å². The van der Waals surface area contributed by atoms with Crippen LogP contribution in [-0.2, 0) is 16.0 Å². The molecule has 2 unspecified atom stereocenters. The molecule has 0 spiro atoms. The molecule has 2 aliphatic rings. The summed E-state index contributed by atoms with van der Waals surface area (Å²) < 4.78 is 6.54. The lowest BCUT2D eigenvalue weighted by Gasteiger charge is -2.22. The van der Waals surface area contributed by atoms with E-state index in [1.165, 1.54) is 16.2 Å². The number of thiazole rings is 1. The van der Waals surface area contributed by atoms with Crippen molar-refractivity contribution in [2.75, 3.05) is 4.90 Å². The van der Waals surface area contributed by atoms with Crippen molar-refractivity contribution in [3.05, 3.63) is 88.2 Å². The van der Waals surface area contributed by atoms with Gasteiger partial charge in [-0.05, 0) is 60.5 Å². The normalized spacial score (nSPS) is 20.9. The largest absolute Gasteiger partial charge is 0.507 e. The number of halogens is 1. The molecule has 1 fully saturated rings. The van der Waals surface area contributed by atoms with Crippen LogP contribution in [0.4, 0.5) is 5.13 Å². The van der Waals surface area contributed by atoms with Gasteiger partial charge >= 0.3 is 5.91 Å². The Hall–Kier alpha value is -3.75. The number of ketones is 1. The first-order valence-corrected chi connectivity index (χ1v) is 12.2. The van der Waals surface area contributed by atoms with Crippen molar-refractivity contribution in [3.63, 3.8) is 0 Å². The third-order valence-electron chi connectivity index (χ3n) is 6.16. The predicted octanol–water partition coefficient (Wildman–Crippen LogP) is 5.29. The van der Waals surface area contributed by atoms with Gasteiger partial charge in [0.1, 0.15) is 17.6 Å². The molecule has 35 heavy (non-hydrogen) atoms. The summed E-state index contributed by atoms with van der Waals surface area (Å²) in [6.07, 6.45) is 3.93. The highest BCUT2D eigenvalue weighted by atomic mass is 35.5. The number of aromatic nitrogens is 2. The maximum absolute atomic E-state index is 13.3. The summed E-state index contributed by atoms with van der Waals surface area (Å²) in [5, 5.41) is 12.3. The van der Waals surface area contributed by atoms with Gasteiger partial charge in [-0.15, -0.1) is 0 Å². The van der Waals surface area contributed by atoms with E-state index in [1.807, 2.05) is 13.0 Å². The van der Waals surface area contributed by atoms with Crippen LogP contribution in [0.1, 0.15) is 29.7 Å². The molecule has 1 amide bonds. The number of carbonyl (C=O) groups excluding carboxylic acids is 2. The Labute approximate surface area is 209 Å². The van der Waals surface area contributed by atoms with Gasteiger partial charge in [0.25, 0.3) is 5.78 Å². The molecule has 0 aliphatic carbocycles. The smallest absolute Gasteiger partial charge is 0.301 e. The zero-order valence-corrected chi connectivity index (χ0v) is 20.0. The molecule has 2 atom stereocenters. The zero-order valence-electron chi connectivity index (χ0n) is 18.4. The number of hydrogen-bond acceptors (Lipinski definition) is 7. The van der Waals surface area contributed by atoms with E-state index in [0.717, 1.165) is 16.0 Å². The lowest BCUT2D eigenvalue weighted by atomic mass is 9.95. The van der Waals surface area contributed by atoms with Crippen molar-refractivity contribution in [1.82, 2.24) is 9.97 Å². The van der Waals surface area contributed by atoms with Gasteiger partial charge in [-0.2, -0.15) is 0 Å². The van der Waals surface area contributed by atoms with Crippen LogP contribution in [0.3, 0.4) is 0 Å². The van der Waals surface area contributed by atoms with Gasteiger partial charge in [0, 0.05) is 29.4 Å². The Morgan fingerprint density at radius 3 is 2.86 bits per heavy atom. The average Bonchev–Trinajstić information content (AvgIpc) is 3.51. The van der Waals surface area contributed by atoms with Crippen molar-refractivity contribution in [3.8, 4) is 5.75 Å². The predicted molar refractivity (Wildman–Crippen MR) is 134 cm³/mol. The van der Waals surface area contributed by atoms with Crippen molar-refractivity contribution < 1.29 is 19.4 Å². The lowest BCUT2D eigenvalue weighted by molar-refractivity contribution is -0.132. The molecular formula is C26H18ClN3O4S. The number of hydrogen-bond donors (Lipinski definition) is 1. The Morgan fingerprint density at radius 1 is 1.20 bits per heavy atom. The summed E-state index contributed by atoms with van der Waals surface area (Å²) in [4.78, 5) is 36.8. The fraction of sp³-hybridized carbons (Fsp3) is 0.154. The molecule has 4 aromatic rings. The standard InChI is InChI=1S/C26H18ClN3O4S/c1-13-9-16-10-14(4-7-19(16)34-13)23(31)21-22(15-3-2-8-28-12-15)30(25(33)24(21)32)26-29-18-6-5-17(27)11-20(18)35-26/h2-8,10-13,22,31H,9H2,1H3/b23-21+. The van der Waals surface area contributed by atoms with Crippen LogP contribution in [0.25, 0.3) is 16.0 Å². The van der Waals surface area contributed by atoms with E-state index in [4.69, 9.17) is 16.3 Å². The zero-order chi connectivity index (χ0) is 24.3. The van der Waals surface area contributed by atoms with Gasteiger partial charge < -0.3 is 9.84 Å². The quantitative estimate of drug-likeness (QED) is 0.232. The summed E-state index contributed by atoms with van der Waals surface area (Å²) in [5.74, 6) is -1.03. The maximum Gasteiger partial charge on any atom is 0.301 e. The Balaban J connectivity index is 1.53. The molecule has 6 rings (SSSR count). The number of aliphatic hydroxyl groups is 1. The van der Waals surface area contributed by atoms with E-state index < -0.39 is 17.7 Å². The molecule has 2 aromatic carbocycles. The number of Topliss-reactive ketones (excluding diaryl/α,β-unsaturated/α-hetero) is 1. The molecule has 1 N–H and O–H groups in total. The van der Waals surface area contributed by atoms with Gasteiger partial charge in [-0.1, -0.05) is 29.0 Å². The fourth-order valence-corrected chi connectivity index (χ4v) is 5.87. The highest BCUT2D eigenvalue weighted by Crippen LogP contribution is 2.44. The highest BCUT2D eigenvalue weighted by molar-refractivity contribution is 7.22. The third kappa shape index (κ3) is 3.57. The average molecular weight is 504 g/mol. The van der Waals surface area contributed by atoms with Crippen LogP contribution >= 0.6 is 22.9 Å². The summed E-state index contributed by atoms with van der Waals surface area (Å²) >= 11 is 7.39. The number of nitrogens with zero attached hydrogens (tertiary/aromatic N) is 3. The molecule has 2 aromatic heterocycles. The number of fused-ring (bicyclic) bond motifs is 2. The summed E-state index contributed by atoms with van der Waals surface area (Å²) in [7, 11) is 0. The number of pyridine rings is 1. The molecule has 9 heteroatoms. The van der Waals surface area contributed by atoms with Crippen LogP contribution in [0.15, 0.2) is 66.5 Å². The SMILES string of the molecule is CC1Cc2cc(/C(O)=C3\C(=O)C(=O)N(c4nc5ccc(Cl)cc5s4)C3c3cccnc3)ccc2O1. The monoisotopic (exact) mass is 503 g/mol. The number of anilines is 1. The lowest BCUT2D eigenvalue weighted by Crippen LogP contribution is -2.29. The Bertz CT molecular complexity index is 1550. The number of amides is 1. The second kappa shape index (κ2) is 8.18. The number of ether oxygens (including phenoxy) is 1. The molecule has 174 valence electrons. The number of benzene rings is 2. The number of carbonyl (C=O) groups is 2. The molecule has 0 radical (unpaired) electrons. The molecular weight excluding hydrogens is 486 g/mol. The van der Waals surface area contributed by atoms with Gasteiger partial charge in [0.2, 0.25) is 0 Å². The number of aliphatic hydroxyl groups excluding tert-OH is 1. The molecule has 0 saturated carbocycles. The second-order valence-corrected chi connectivity index (χ2v) is 9.96. The van der Waals surface area contributed by atoms with Gasteiger partial charge in [0.05, 0.1) is 21.8 Å². The third-order valence-corrected chi connectivity index (χ3v) is 7.41. The molecule has 4 heterocycles. The first-order valence-electron chi connectivity index (χ1n) is 11.0. The summed E-state index contributed by atoms with van der Waals surface area (Å²) in [6, 6.07) is 13.1. The molecule has 1 saturated heterocycles. The van der Waals surface area contributed by atoms with Gasteiger partial charge in [-0.3, -0.25) is 19.5 Å². The van der Waals surface area contributed by atoms with Crippen LogP contribution in [0.5, 0.6) is 5.75 Å². The topological polar surface area (TPSA) is 92.6 Å². The first-order chi connectivity index (χ1) is 16.9. The minimum Gasteiger partial charge on any atom is -0.507 e. The van der Waals surface area contributed by atoms with Crippen LogP contribution in [-0.4, -0.2) is 32.9 Å². The number of rotatable bonds is 3. The van der Waals surface area contributed by atoms with E-state index in [9.17, 15) is 14.7 Å². The molecule has 0 bridgehead atoms. The van der Waals surface area contributed by atoms with Gasteiger partial charge in [-0.25, -0.2) is 4.98 Å². The first kappa shape index (κ1) is 21.8. The molecule has 2 aliphatic heterocycles. The van der Waals surface area contributed by atoms with E-state index >= 15 is 0 Å². The minimum absolute atomic E-state index is 0.00722. The Morgan fingerprint density at radius 2 is 2.06 bits per heavy atom. The minimum atomic E-state index is -0.886. The van der Waals surface area contributed by atoms with Crippen LogP contribution in [0, 0.1) is 0 Å². The maximum atomic E-state index is 13.3. The summed E-state index contributed by atoms with van der Waals surface area (Å²) in [6.45, 7) is 1.97. The van der Waals surface area contributed by atoms with E-state index in [0.29, 0.717) is 33.2 Å². The van der Waals surface area contributed by atoms with E-state index in [2.05, 4.69) is 9.97 Å². The highest BCUT2D eigenvalue weighted by Gasteiger charge is 2.48. The fourth-order valence-electron chi connectivity index (χ4n) is 4.60. The van der Waals surface area contributed by atoms with Crippen LogP contribution in [0.2, 0.25) is 5.02 Å². The van der Waals surface area contributed by atoms with Crippen molar-refractivity contribution in [1.29, 1.82) is 0 Å². The Kier molecular flexibility index (Phi) is 5.09. The van der Waals surface area contributed by atoms with Crippen LogP contribution < -0.4 is 9.64 Å². The second-order valence-electron chi connectivity index (χ2n) is 8.52. The van der Waals surface area contributed by atoms with E-state index in [1.54, 1.807) is 54.9 Å². The van der Waals surface area contributed by atoms with Crippen molar-refractivity contribution >= 4 is 55.7 Å². The van der Waals surface area contributed by atoms with E-state index in [-0.39, 0.29) is 17.4 Å². The summed E-state index contributed by atoms with van der Waals surface area (Å²) in [5.41, 5.74) is 2.63. The van der Waals surface area contributed by atoms with Crippen molar-refractivity contribution in [2.45, 2.75) is 25.5 Å².